The van der Waals surface area contributed by atoms with E-state index in [1.165, 1.54) is 0 Å². The molecule has 0 N–H and O–H groups in total. The first-order chi connectivity index (χ1) is 7.99. The molecule has 17 heavy (non-hydrogen) atoms. The molecule has 2 rings (SSSR count). The molecule has 0 nitrogen and oxygen atoms in total. The Morgan fingerprint density at radius 3 is 1.94 bits per heavy atom. The summed E-state index contributed by atoms with van der Waals surface area (Å²) in [6, 6.07) is 9.02. The summed E-state index contributed by atoms with van der Waals surface area (Å²) >= 11 is 24.4. The van der Waals surface area contributed by atoms with Gasteiger partial charge in [-0.05, 0) is 31.2 Å². The zero-order valence-electron chi connectivity index (χ0n) is 8.90. The maximum Gasteiger partial charge on any atom is 0.0514 e. The first-order valence-electron chi connectivity index (χ1n) is 4.90. The summed E-state index contributed by atoms with van der Waals surface area (Å²) in [5, 5.41) is 2.11. The minimum absolute atomic E-state index is 0.495. The lowest BCUT2D eigenvalue weighted by Gasteiger charge is -2.10. The van der Waals surface area contributed by atoms with Crippen molar-refractivity contribution in [3.8, 4) is 11.1 Å². The van der Waals surface area contributed by atoms with Crippen molar-refractivity contribution in [3.63, 3.8) is 0 Å². The smallest absolute Gasteiger partial charge is 0.0514 e. The molecule has 2 aromatic carbocycles. The van der Waals surface area contributed by atoms with Crippen molar-refractivity contribution < 1.29 is 0 Å². The molecule has 88 valence electrons. The van der Waals surface area contributed by atoms with Crippen LogP contribution in [0.1, 0.15) is 5.56 Å². The molecule has 0 spiro atoms. The highest BCUT2D eigenvalue weighted by Gasteiger charge is 2.13. The minimum Gasteiger partial charge on any atom is -0.0842 e. The van der Waals surface area contributed by atoms with Gasteiger partial charge in [-0.25, -0.2) is 0 Å². The fraction of sp³-hybridized carbons (Fsp3) is 0.0769. The Labute approximate surface area is 120 Å². The van der Waals surface area contributed by atoms with Crippen molar-refractivity contribution in [2.75, 3.05) is 0 Å². The number of hydrogen-bond acceptors (Lipinski definition) is 0. The van der Waals surface area contributed by atoms with E-state index in [1.807, 2.05) is 25.1 Å². The van der Waals surface area contributed by atoms with Crippen LogP contribution in [0.25, 0.3) is 11.1 Å². The zero-order chi connectivity index (χ0) is 12.6. The Kier molecular flexibility index (Phi) is 3.89. The largest absolute Gasteiger partial charge is 0.0842 e. The summed E-state index contributed by atoms with van der Waals surface area (Å²) in [5.41, 5.74) is 2.62. The molecular formula is C13H8Cl4. The number of hydrogen-bond donors (Lipinski definition) is 0. The van der Waals surface area contributed by atoms with Gasteiger partial charge >= 0.3 is 0 Å². The SMILES string of the molecule is Cc1ccc(Cl)c(-c2c(Cl)cc(Cl)cc2Cl)c1. The average molecular weight is 306 g/mol. The molecule has 0 saturated carbocycles. The fourth-order valence-corrected chi connectivity index (χ4v) is 2.86. The predicted octanol–water partition coefficient (Wildman–Crippen LogP) is 6.28. The molecule has 4 heteroatoms. The highest BCUT2D eigenvalue weighted by Crippen LogP contribution is 2.40. The first kappa shape index (κ1) is 13.0. The molecule has 0 fully saturated rings. The number of aryl methyl sites for hydroxylation is 1. The van der Waals surface area contributed by atoms with Crippen LogP contribution in [0.5, 0.6) is 0 Å². The van der Waals surface area contributed by atoms with Gasteiger partial charge in [-0.1, -0.05) is 58.0 Å². The monoisotopic (exact) mass is 304 g/mol. The Bertz CT molecular complexity index is 553. The lowest BCUT2D eigenvalue weighted by Crippen LogP contribution is -1.85. The normalized spacial score (nSPS) is 10.6. The van der Waals surface area contributed by atoms with Crippen LogP contribution < -0.4 is 0 Å². The number of rotatable bonds is 1. The van der Waals surface area contributed by atoms with Crippen LogP contribution in [0.2, 0.25) is 20.1 Å². The van der Waals surface area contributed by atoms with Crippen LogP contribution in [0.15, 0.2) is 30.3 Å². The second-order valence-electron chi connectivity index (χ2n) is 3.73. The van der Waals surface area contributed by atoms with Gasteiger partial charge in [-0.2, -0.15) is 0 Å². The van der Waals surface area contributed by atoms with Crippen LogP contribution in [0.3, 0.4) is 0 Å². The Balaban J connectivity index is 2.72. The van der Waals surface area contributed by atoms with E-state index in [2.05, 4.69) is 0 Å². The zero-order valence-corrected chi connectivity index (χ0v) is 11.9. The van der Waals surface area contributed by atoms with Gasteiger partial charge in [0.25, 0.3) is 0 Å². The third kappa shape index (κ3) is 2.71. The second kappa shape index (κ2) is 5.07. The van der Waals surface area contributed by atoms with E-state index in [-0.39, 0.29) is 0 Å². The molecular weight excluding hydrogens is 298 g/mol. The highest BCUT2D eigenvalue weighted by atomic mass is 35.5. The maximum absolute atomic E-state index is 6.17. The molecule has 2 aromatic rings. The Morgan fingerprint density at radius 1 is 0.765 bits per heavy atom. The molecule has 0 aliphatic heterocycles. The van der Waals surface area contributed by atoms with Crippen LogP contribution in [-0.4, -0.2) is 0 Å². The van der Waals surface area contributed by atoms with Gasteiger partial charge in [-0.15, -0.1) is 0 Å². The van der Waals surface area contributed by atoms with Crippen molar-refractivity contribution >= 4 is 46.4 Å². The van der Waals surface area contributed by atoms with E-state index in [0.717, 1.165) is 11.1 Å². The first-order valence-corrected chi connectivity index (χ1v) is 6.41. The van der Waals surface area contributed by atoms with Crippen LogP contribution in [0, 0.1) is 6.92 Å². The van der Waals surface area contributed by atoms with Crippen molar-refractivity contribution in [1.82, 2.24) is 0 Å². The molecule has 0 atom stereocenters. The molecule has 0 heterocycles. The Morgan fingerprint density at radius 2 is 1.35 bits per heavy atom. The lowest BCUT2D eigenvalue weighted by atomic mass is 10.0. The van der Waals surface area contributed by atoms with Gasteiger partial charge < -0.3 is 0 Å². The molecule has 0 aliphatic carbocycles. The molecule has 0 radical (unpaired) electrons. The lowest BCUT2D eigenvalue weighted by molar-refractivity contribution is 1.47. The summed E-state index contributed by atoms with van der Waals surface area (Å²) < 4.78 is 0. The van der Waals surface area contributed by atoms with Crippen molar-refractivity contribution in [3.05, 3.63) is 56.0 Å². The number of halogens is 4. The van der Waals surface area contributed by atoms with Gasteiger partial charge in [-0.3, -0.25) is 0 Å². The molecule has 0 aromatic heterocycles. The second-order valence-corrected chi connectivity index (χ2v) is 5.39. The third-order valence-electron chi connectivity index (χ3n) is 2.40. The van der Waals surface area contributed by atoms with Crippen molar-refractivity contribution in [1.29, 1.82) is 0 Å². The molecule has 0 saturated heterocycles. The minimum atomic E-state index is 0.495. The van der Waals surface area contributed by atoms with Gasteiger partial charge in [0.2, 0.25) is 0 Å². The summed E-state index contributed by atoms with van der Waals surface area (Å²) in [6.07, 6.45) is 0. The van der Waals surface area contributed by atoms with Crippen molar-refractivity contribution in [2.45, 2.75) is 6.92 Å². The van der Waals surface area contributed by atoms with E-state index in [1.54, 1.807) is 12.1 Å². The van der Waals surface area contributed by atoms with Crippen LogP contribution in [-0.2, 0) is 0 Å². The van der Waals surface area contributed by atoms with E-state index in [9.17, 15) is 0 Å². The van der Waals surface area contributed by atoms with E-state index < -0.39 is 0 Å². The summed E-state index contributed by atoms with van der Waals surface area (Å²) in [7, 11) is 0. The van der Waals surface area contributed by atoms with E-state index in [0.29, 0.717) is 25.7 Å². The Hall–Kier alpha value is -0.400. The molecule has 0 unspecified atom stereocenters. The summed E-state index contributed by atoms with van der Waals surface area (Å²) in [6.45, 7) is 1.98. The third-order valence-corrected chi connectivity index (χ3v) is 3.54. The van der Waals surface area contributed by atoms with E-state index >= 15 is 0 Å². The van der Waals surface area contributed by atoms with Gasteiger partial charge in [0.1, 0.15) is 0 Å². The van der Waals surface area contributed by atoms with Gasteiger partial charge in [0.05, 0.1) is 10.0 Å². The average Bonchev–Trinajstić information content (AvgIpc) is 2.21. The standard InChI is InChI=1S/C13H8Cl4/c1-7-2-3-10(15)9(4-7)13-11(16)5-8(14)6-12(13)17/h2-6H,1H3. The summed E-state index contributed by atoms with van der Waals surface area (Å²) in [5.74, 6) is 0. The quantitative estimate of drug-likeness (QED) is 0.582. The fourth-order valence-electron chi connectivity index (χ4n) is 1.63. The van der Waals surface area contributed by atoms with Gasteiger partial charge in [0, 0.05) is 21.2 Å². The molecule has 0 aliphatic rings. The number of benzene rings is 2. The van der Waals surface area contributed by atoms with Crippen LogP contribution in [0.4, 0.5) is 0 Å². The van der Waals surface area contributed by atoms with Crippen LogP contribution >= 0.6 is 46.4 Å². The highest BCUT2D eigenvalue weighted by molar-refractivity contribution is 6.43. The summed E-state index contributed by atoms with van der Waals surface area (Å²) in [4.78, 5) is 0. The molecule has 0 amide bonds. The topological polar surface area (TPSA) is 0 Å². The maximum atomic E-state index is 6.17. The van der Waals surface area contributed by atoms with Gasteiger partial charge in [0.15, 0.2) is 0 Å². The molecule has 0 bridgehead atoms. The van der Waals surface area contributed by atoms with E-state index in [4.69, 9.17) is 46.4 Å². The predicted molar refractivity (Wildman–Crippen MR) is 76.7 cm³/mol. The van der Waals surface area contributed by atoms with Crippen molar-refractivity contribution in [2.24, 2.45) is 0 Å².